The van der Waals surface area contributed by atoms with Gasteiger partial charge in [0.05, 0.1) is 11.0 Å². The first-order valence-corrected chi connectivity index (χ1v) is 16.4. The number of ketones is 2. The molecule has 0 amide bonds. The second-order valence-corrected chi connectivity index (χ2v) is 14.1. The van der Waals surface area contributed by atoms with E-state index >= 15 is 0 Å². The van der Waals surface area contributed by atoms with Gasteiger partial charge in [-0.3, -0.25) is 19.6 Å². The molecule has 2 heterocycles. The fourth-order valence-corrected chi connectivity index (χ4v) is 8.14. The van der Waals surface area contributed by atoms with Gasteiger partial charge >= 0.3 is 0 Å². The summed E-state index contributed by atoms with van der Waals surface area (Å²) in [7, 11) is 0. The summed E-state index contributed by atoms with van der Waals surface area (Å²) in [5.41, 5.74) is 13.3. The SMILES string of the molecule is CC1(C)c2cc(C(=O)c3ccnc4ccccc34)ccc2-c2cc3c(cc21)-c1ccc(C(=O)c2ccnc4ccccc24)cc1C3(C)C. The van der Waals surface area contributed by atoms with E-state index in [0.717, 1.165) is 32.9 Å². The van der Waals surface area contributed by atoms with E-state index in [4.69, 9.17) is 0 Å². The lowest BCUT2D eigenvalue weighted by molar-refractivity contribution is 0.103. The third-order valence-electron chi connectivity index (χ3n) is 10.8. The van der Waals surface area contributed by atoms with Crippen molar-refractivity contribution in [2.75, 3.05) is 0 Å². The number of nitrogens with zero attached hydrogens (tertiary/aromatic N) is 2. The molecule has 0 aliphatic heterocycles. The minimum atomic E-state index is -0.304. The van der Waals surface area contributed by atoms with Crippen molar-refractivity contribution in [2.45, 2.75) is 38.5 Å². The number of fused-ring (bicyclic) bond motifs is 8. The van der Waals surface area contributed by atoms with E-state index in [-0.39, 0.29) is 22.4 Å². The van der Waals surface area contributed by atoms with Gasteiger partial charge in [0.15, 0.2) is 11.6 Å². The van der Waals surface area contributed by atoms with Crippen LogP contribution in [0.1, 0.15) is 81.8 Å². The Morgan fingerprint density at radius 3 is 1.29 bits per heavy atom. The number of para-hydroxylation sites is 2. The summed E-state index contributed by atoms with van der Waals surface area (Å²) in [6.45, 7) is 9.01. The van der Waals surface area contributed by atoms with Crippen LogP contribution in [0.3, 0.4) is 0 Å². The van der Waals surface area contributed by atoms with E-state index in [1.807, 2.05) is 72.8 Å². The van der Waals surface area contributed by atoms with Gasteiger partial charge in [-0.2, -0.15) is 0 Å². The molecule has 7 aromatic rings. The van der Waals surface area contributed by atoms with Crippen LogP contribution in [0.25, 0.3) is 44.1 Å². The zero-order valence-electron chi connectivity index (χ0n) is 27.3. The fourth-order valence-electron chi connectivity index (χ4n) is 8.14. The van der Waals surface area contributed by atoms with Gasteiger partial charge in [-0.1, -0.05) is 88.4 Å². The molecule has 4 nitrogen and oxygen atoms in total. The Bertz CT molecular complexity index is 2370. The van der Waals surface area contributed by atoms with Crippen LogP contribution < -0.4 is 0 Å². The molecule has 0 bridgehead atoms. The van der Waals surface area contributed by atoms with Gasteiger partial charge in [-0.05, 0) is 93.0 Å². The first-order chi connectivity index (χ1) is 23.1. The van der Waals surface area contributed by atoms with Crippen molar-refractivity contribution < 1.29 is 9.59 Å². The smallest absolute Gasteiger partial charge is 0.193 e. The first kappa shape index (κ1) is 28.5. The standard InChI is InChI=1S/C44H32N2O2/c1-43(2)35-21-25(41(47)31-17-19-45-39-11-7-5-9-29(31)39)13-15-27(35)33-24-38-34(23-37(33)43)28-16-14-26(22-36(28)44(38,3)4)42(48)32-18-20-46-40-12-8-6-10-30(32)40/h5-24H,1-4H3. The predicted octanol–water partition coefficient (Wildman–Crippen LogP) is 9.86. The summed E-state index contributed by atoms with van der Waals surface area (Å²) < 4.78 is 0. The third kappa shape index (κ3) is 3.89. The Labute approximate surface area is 279 Å². The fraction of sp³-hybridized carbons (Fsp3) is 0.136. The van der Waals surface area contributed by atoms with E-state index < -0.39 is 0 Å². The lowest BCUT2D eigenvalue weighted by Gasteiger charge is -2.24. The number of carbonyl (C=O) groups is 2. The van der Waals surface area contributed by atoms with Gasteiger partial charge in [0.2, 0.25) is 0 Å². The van der Waals surface area contributed by atoms with Gasteiger partial charge in [0, 0.05) is 56.2 Å². The van der Waals surface area contributed by atoms with Crippen molar-refractivity contribution in [1.82, 2.24) is 9.97 Å². The number of rotatable bonds is 4. The number of hydrogen-bond donors (Lipinski definition) is 0. The van der Waals surface area contributed by atoms with Crippen molar-refractivity contribution >= 4 is 33.4 Å². The molecule has 230 valence electrons. The van der Waals surface area contributed by atoms with Crippen molar-refractivity contribution in [1.29, 1.82) is 0 Å². The number of benzene rings is 5. The zero-order chi connectivity index (χ0) is 32.9. The van der Waals surface area contributed by atoms with E-state index in [2.05, 4.69) is 74.1 Å². The van der Waals surface area contributed by atoms with Crippen LogP contribution >= 0.6 is 0 Å². The summed E-state index contributed by atoms with van der Waals surface area (Å²) in [4.78, 5) is 36.7. The normalized spacial score (nSPS) is 14.8. The highest BCUT2D eigenvalue weighted by atomic mass is 16.1. The van der Waals surface area contributed by atoms with Gasteiger partial charge in [0.25, 0.3) is 0 Å². The molecular formula is C44H32N2O2. The van der Waals surface area contributed by atoms with Crippen LogP contribution in [-0.2, 0) is 10.8 Å². The molecule has 4 heteroatoms. The molecule has 2 aliphatic rings. The first-order valence-electron chi connectivity index (χ1n) is 16.4. The maximum Gasteiger partial charge on any atom is 0.193 e. The van der Waals surface area contributed by atoms with Gasteiger partial charge < -0.3 is 0 Å². The summed E-state index contributed by atoms with van der Waals surface area (Å²) in [5.74, 6) is 0.0108. The molecule has 0 N–H and O–H groups in total. The molecule has 0 saturated carbocycles. The maximum atomic E-state index is 13.9. The summed E-state index contributed by atoms with van der Waals surface area (Å²) >= 11 is 0. The number of hydrogen-bond acceptors (Lipinski definition) is 4. The topological polar surface area (TPSA) is 59.9 Å². The van der Waals surface area contributed by atoms with Gasteiger partial charge in [-0.25, -0.2) is 0 Å². The predicted molar refractivity (Wildman–Crippen MR) is 192 cm³/mol. The molecule has 2 aliphatic carbocycles. The van der Waals surface area contributed by atoms with Crippen molar-refractivity contribution in [3.8, 4) is 22.3 Å². The van der Waals surface area contributed by atoms with E-state index in [9.17, 15) is 9.59 Å². The van der Waals surface area contributed by atoms with Crippen molar-refractivity contribution in [3.05, 3.63) is 166 Å². The highest BCUT2D eigenvalue weighted by Gasteiger charge is 2.42. The monoisotopic (exact) mass is 620 g/mol. The Morgan fingerprint density at radius 2 is 0.854 bits per heavy atom. The molecule has 9 rings (SSSR count). The van der Waals surface area contributed by atoms with Crippen LogP contribution in [0, 0.1) is 0 Å². The Morgan fingerprint density at radius 1 is 0.458 bits per heavy atom. The minimum absolute atomic E-state index is 0.00539. The summed E-state index contributed by atoms with van der Waals surface area (Å²) in [6.07, 6.45) is 3.42. The molecule has 48 heavy (non-hydrogen) atoms. The summed E-state index contributed by atoms with van der Waals surface area (Å²) in [6, 6.07) is 36.3. The minimum Gasteiger partial charge on any atom is -0.289 e. The molecule has 5 aromatic carbocycles. The van der Waals surface area contributed by atoms with Crippen molar-refractivity contribution in [2.24, 2.45) is 0 Å². The second-order valence-electron chi connectivity index (χ2n) is 14.1. The lowest BCUT2D eigenvalue weighted by Crippen LogP contribution is -2.17. The van der Waals surface area contributed by atoms with Crippen LogP contribution in [0.5, 0.6) is 0 Å². The second kappa shape index (κ2) is 9.88. The van der Waals surface area contributed by atoms with Crippen LogP contribution in [0.2, 0.25) is 0 Å². The molecule has 0 radical (unpaired) electrons. The van der Waals surface area contributed by atoms with Crippen LogP contribution in [0.4, 0.5) is 0 Å². The highest BCUT2D eigenvalue weighted by Crippen LogP contribution is 2.56. The molecule has 0 unspecified atom stereocenters. The van der Waals surface area contributed by atoms with Crippen molar-refractivity contribution in [3.63, 3.8) is 0 Å². The quantitative estimate of drug-likeness (QED) is 0.184. The van der Waals surface area contributed by atoms with Crippen LogP contribution in [-0.4, -0.2) is 21.5 Å². The number of aromatic nitrogens is 2. The van der Waals surface area contributed by atoms with E-state index in [1.165, 1.54) is 33.4 Å². The highest BCUT2D eigenvalue weighted by molar-refractivity contribution is 6.17. The average molecular weight is 621 g/mol. The number of carbonyl (C=O) groups excluding carboxylic acids is 2. The lowest BCUT2D eigenvalue weighted by atomic mass is 9.79. The Kier molecular flexibility index (Phi) is 5.86. The van der Waals surface area contributed by atoms with Crippen LogP contribution in [0.15, 0.2) is 122 Å². The molecule has 0 fully saturated rings. The van der Waals surface area contributed by atoms with Gasteiger partial charge in [0.1, 0.15) is 0 Å². The molecule has 0 spiro atoms. The molecule has 2 aromatic heterocycles. The largest absolute Gasteiger partial charge is 0.289 e. The Hall–Kier alpha value is -5.74. The number of pyridine rings is 2. The summed E-state index contributed by atoms with van der Waals surface area (Å²) in [5, 5.41) is 1.73. The van der Waals surface area contributed by atoms with Gasteiger partial charge in [-0.15, -0.1) is 0 Å². The molecule has 0 saturated heterocycles. The average Bonchev–Trinajstić information content (AvgIpc) is 3.48. The molecular weight excluding hydrogens is 588 g/mol. The maximum absolute atomic E-state index is 13.9. The molecule has 0 atom stereocenters. The zero-order valence-corrected chi connectivity index (χ0v) is 27.3. The van der Waals surface area contributed by atoms with E-state index in [1.54, 1.807) is 12.4 Å². The van der Waals surface area contributed by atoms with E-state index in [0.29, 0.717) is 22.3 Å². The Balaban J connectivity index is 1.12. The third-order valence-corrected chi connectivity index (χ3v) is 10.8.